The number of nitrogens with zero attached hydrogens (tertiary/aromatic N) is 1. The van der Waals surface area contributed by atoms with E-state index in [1.165, 1.54) is 4.31 Å². The van der Waals surface area contributed by atoms with Crippen molar-refractivity contribution in [3.63, 3.8) is 0 Å². The van der Waals surface area contributed by atoms with Crippen molar-refractivity contribution in [1.82, 2.24) is 4.31 Å². The lowest BCUT2D eigenvalue weighted by molar-refractivity contribution is 0.0572. The molecule has 2 rings (SSSR count). The van der Waals surface area contributed by atoms with Crippen molar-refractivity contribution in [1.29, 1.82) is 0 Å². The monoisotopic (exact) mass is 308 g/mol. The molecule has 1 fully saturated rings. The van der Waals surface area contributed by atoms with Gasteiger partial charge < -0.3 is 10.5 Å². The molecule has 0 bridgehead atoms. The Morgan fingerprint density at radius 2 is 2.10 bits per heavy atom. The summed E-state index contributed by atoms with van der Waals surface area (Å²) in [7, 11) is -1.85. The molecule has 1 saturated heterocycles. The first-order chi connectivity index (χ1) is 10.1. The first-order valence-electron chi connectivity index (χ1n) is 6.90. The Morgan fingerprint density at radius 3 is 2.71 bits per heavy atom. The van der Waals surface area contributed by atoms with Crippen molar-refractivity contribution in [3.05, 3.63) is 29.8 Å². The van der Waals surface area contributed by atoms with Gasteiger partial charge in [-0.1, -0.05) is 11.8 Å². The zero-order valence-electron chi connectivity index (χ0n) is 12.1. The third-order valence-corrected chi connectivity index (χ3v) is 5.38. The van der Waals surface area contributed by atoms with Crippen LogP contribution >= 0.6 is 0 Å². The second kappa shape index (κ2) is 7.05. The smallest absolute Gasteiger partial charge is 0.243 e. The fourth-order valence-corrected chi connectivity index (χ4v) is 3.84. The molecule has 0 amide bonds. The lowest BCUT2D eigenvalue weighted by Gasteiger charge is -2.31. The van der Waals surface area contributed by atoms with Crippen LogP contribution in [0, 0.1) is 11.8 Å². The van der Waals surface area contributed by atoms with Gasteiger partial charge in [0.2, 0.25) is 10.0 Å². The Kier molecular flexibility index (Phi) is 5.37. The standard InChI is InChI=1S/C15H20N2O3S/c1-20-14-5-3-11-17(12-14)21(18,19)15-8-6-13(7-9-15)4-2-10-16/h6-9,14H,3,5,10-12,16H2,1H3. The lowest BCUT2D eigenvalue weighted by Crippen LogP contribution is -2.42. The van der Waals surface area contributed by atoms with Crippen LogP contribution in [-0.4, -0.2) is 45.6 Å². The highest BCUT2D eigenvalue weighted by atomic mass is 32.2. The van der Waals surface area contributed by atoms with Gasteiger partial charge in [0.25, 0.3) is 0 Å². The molecule has 0 spiro atoms. The van der Waals surface area contributed by atoms with Crippen LogP contribution in [0.5, 0.6) is 0 Å². The van der Waals surface area contributed by atoms with E-state index in [9.17, 15) is 8.42 Å². The molecule has 2 N–H and O–H groups in total. The van der Waals surface area contributed by atoms with Gasteiger partial charge in [-0.25, -0.2) is 8.42 Å². The van der Waals surface area contributed by atoms with Crippen molar-refractivity contribution in [2.24, 2.45) is 5.73 Å². The molecule has 6 heteroatoms. The van der Waals surface area contributed by atoms with Gasteiger partial charge in [0.15, 0.2) is 0 Å². The average molecular weight is 308 g/mol. The average Bonchev–Trinajstić information content (AvgIpc) is 2.53. The Hall–Kier alpha value is -1.39. The van der Waals surface area contributed by atoms with E-state index in [0.29, 0.717) is 13.1 Å². The number of rotatable bonds is 3. The number of ether oxygens (including phenoxy) is 1. The predicted molar refractivity (Wildman–Crippen MR) is 81.2 cm³/mol. The molecule has 5 nitrogen and oxygen atoms in total. The van der Waals surface area contributed by atoms with Crippen LogP contribution in [0.15, 0.2) is 29.2 Å². The maximum absolute atomic E-state index is 12.6. The van der Waals surface area contributed by atoms with Crippen LogP contribution in [-0.2, 0) is 14.8 Å². The van der Waals surface area contributed by atoms with Crippen LogP contribution in [0.1, 0.15) is 18.4 Å². The second-order valence-electron chi connectivity index (χ2n) is 4.89. The van der Waals surface area contributed by atoms with Crippen LogP contribution in [0.3, 0.4) is 0 Å². The molecule has 1 aliphatic heterocycles. The zero-order valence-corrected chi connectivity index (χ0v) is 12.9. The van der Waals surface area contributed by atoms with Crippen molar-refractivity contribution < 1.29 is 13.2 Å². The molecule has 1 aromatic carbocycles. The number of piperidine rings is 1. The Labute approximate surface area is 126 Å². The van der Waals surface area contributed by atoms with E-state index in [4.69, 9.17) is 10.5 Å². The molecule has 0 radical (unpaired) electrons. The summed E-state index contributed by atoms with van der Waals surface area (Å²) in [5.74, 6) is 5.62. The molecule has 21 heavy (non-hydrogen) atoms. The second-order valence-corrected chi connectivity index (χ2v) is 6.83. The molecule has 0 saturated carbocycles. The molecule has 1 unspecified atom stereocenters. The normalized spacial score (nSPS) is 19.8. The van der Waals surface area contributed by atoms with Gasteiger partial charge in [-0.3, -0.25) is 0 Å². The molecule has 1 heterocycles. The fraction of sp³-hybridized carbons (Fsp3) is 0.467. The van der Waals surface area contributed by atoms with Crippen molar-refractivity contribution in [2.75, 3.05) is 26.7 Å². The van der Waals surface area contributed by atoms with Gasteiger partial charge >= 0.3 is 0 Å². The quantitative estimate of drug-likeness (QED) is 0.838. The van der Waals surface area contributed by atoms with E-state index < -0.39 is 10.0 Å². The molecule has 1 aliphatic rings. The molecule has 0 aliphatic carbocycles. The predicted octanol–water partition coefficient (Wildman–Crippen LogP) is 0.796. The van der Waals surface area contributed by atoms with Gasteiger partial charge in [-0.15, -0.1) is 0 Å². The minimum absolute atomic E-state index is 0.0248. The first-order valence-corrected chi connectivity index (χ1v) is 8.34. The van der Waals surface area contributed by atoms with Gasteiger partial charge in [-0.2, -0.15) is 4.31 Å². The minimum atomic E-state index is -3.46. The summed E-state index contributed by atoms with van der Waals surface area (Å²) in [6, 6.07) is 6.58. The molecular weight excluding hydrogens is 288 g/mol. The largest absolute Gasteiger partial charge is 0.380 e. The number of nitrogens with two attached hydrogens (primary N) is 1. The Balaban J connectivity index is 2.19. The summed E-state index contributed by atoms with van der Waals surface area (Å²) in [6.07, 6.45) is 1.69. The zero-order chi connectivity index (χ0) is 15.3. The first kappa shape index (κ1) is 16.0. The highest BCUT2D eigenvalue weighted by Gasteiger charge is 2.30. The van der Waals surface area contributed by atoms with Crippen LogP contribution < -0.4 is 5.73 Å². The molecular formula is C15H20N2O3S. The third-order valence-electron chi connectivity index (χ3n) is 3.50. The van der Waals surface area contributed by atoms with Crippen LogP contribution in [0.2, 0.25) is 0 Å². The van der Waals surface area contributed by atoms with Crippen LogP contribution in [0.25, 0.3) is 0 Å². The topological polar surface area (TPSA) is 72.6 Å². The van der Waals surface area contributed by atoms with Crippen LogP contribution in [0.4, 0.5) is 0 Å². The number of hydrogen-bond acceptors (Lipinski definition) is 4. The highest BCUT2D eigenvalue weighted by Crippen LogP contribution is 2.22. The summed E-state index contributed by atoms with van der Waals surface area (Å²) >= 11 is 0. The molecule has 1 aromatic rings. The fourth-order valence-electron chi connectivity index (χ4n) is 2.33. The van der Waals surface area contributed by atoms with E-state index in [2.05, 4.69) is 11.8 Å². The van der Waals surface area contributed by atoms with Crippen molar-refractivity contribution >= 4 is 10.0 Å². The lowest BCUT2D eigenvalue weighted by atomic mass is 10.1. The van der Waals surface area contributed by atoms with E-state index >= 15 is 0 Å². The van der Waals surface area contributed by atoms with E-state index in [-0.39, 0.29) is 17.5 Å². The highest BCUT2D eigenvalue weighted by molar-refractivity contribution is 7.89. The molecule has 0 aromatic heterocycles. The summed E-state index contributed by atoms with van der Waals surface area (Å²) in [5.41, 5.74) is 6.07. The summed E-state index contributed by atoms with van der Waals surface area (Å²) < 4.78 is 31.9. The minimum Gasteiger partial charge on any atom is -0.380 e. The van der Waals surface area contributed by atoms with Gasteiger partial charge in [-0.05, 0) is 37.1 Å². The Morgan fingerprint density at radius 1 is 1.38 bits per heavy atom. The maximum Gasteiger partial charge on any atom is 0.243 e. The van der Waals surface area contributed by atoms with Gasteiger partial charge in [0.05, 0.1) is 17.5 Å². The van der Waals surface area contributed by atoms with E-state index in [0.717, 1.165) is 18.4 Å². The summed E-state index contributed by atoms with van der Waals surface area (Å²) in [6.45, 7) is 1.23. The van der Waals surface area contributed by atoms with Crippen molar-refractivity contribution in [3.8, 4) is 11.8 Å². The Bertz CT molecular complexity index is 629. The third kappa shape index (κ3) is 3.83. The number of benzene rings is 1. The summed E-state index contributed by atoms with van der Waals surface area (Å²) in [5, 5.41) is 0. The molecule has 1 atom stereocenters. The number of methoxy groups -OCH3 is 1. The number of sulfonamides is 1. The van der Waals surface area contributed by atoms with Gasteiger partial charge in [0, 0.05) is 25.8 Å². The molecule has 114 valence electrons. The van der Waals surface area contributed by atoms with E-state index in [1.54, 1.807) is 31.4 Å². The SMILES string of the molecule is COC1CCCN(S(=O)(=O)c2ccc(C#CCN)cc2)C1. The maximum atomic E-state index is 12.6. The van der Waals surface area contributed by atoms with Crippen molar-refractivity contribution in [2.45, 2.75) is 23.8 Å². The number of hydrogen-bond donors (Lipinski definition) is 1. The summed E-state index contributed by atoms with van der Waals surface area (Å²) in [4.78, 5) is 0.289. The van der Waals surface area contributed by atoms with E-state index in [1.807, 2.05) is 0 Å². The van der Waals surface area contributed by atoms with Gasteiger partial charge in [0.1, 0.15) is 0 Å².